The Labute approximate surface area is 148 Å². The van der Waals surface area contributed by atoms with E-state index < -0.39 is 11.8 Å². The van der Waals surface area contributed by atoms with Gasteiger partial charge in [0.1, 0.15) is 17.1 Å². The van der Waals surface area contributed by atoms with Crippen LogP contribution in [0.15, 0.2) is 42.6 Å². The van der Waals surface area contributed by atoms with Crippen molar-refractivity contribution in [2.45, 2.75) is 13.3 Å². The maximum Gasteiger partial charge on any atom is 0.332 e. The molecule has 3 rings (SSSR count). The van der Waals surface area contributed by atoms with Gasteiger partial charge in [-0.05, 0) is 24.3 Å². The third-order valence-electron chi connectivity index (χ3n) is 3.64. The number of halogens is 1. The first-order chi connectivity index (χ1) is 12.0. The summed E-state index contributed by atoms with van der Waals surface area (Å²) in [6.45, 7) is 1.67. The highest BCUT2D eigenvalue weighted by molar-refractivity contribution is 6.31. The largest absolute Gasteiger partial charge is 0.497 e. The lowest BCUT2D eigenvalue weighted by molar-refractivity contribution is -0.143. The van der Waals surface area contributed by atoms with Gasteiger partial charge < -0.3 is 9.57 Å². The molecule has 3 aromatic rings. The van der Waals surface area contributed by atoms with Crippen LogP contribution in [0.5, 0.6) is 5.75 Å². The van der Waals surface area contributed by atoms with Crippen LogP contribution in [-0.4, -0.2) is 28.6 Å². The quantitative estimate of drug-likeness (QED) is 0.654. The number of benzene rings is 1. The van der Waals surface area contributed by atoms with Gasteiger partial charge in [0, 0.05) is 29.1 Å². The molecule has 25 heavy (non-hydrogen) atoms. The van der Waals surface area contributed by atoms with Crippen LogP contribution < -0.4 is 9.57 Å². The Morgan fingerprint density at radius 2 is 2.00 bits per heavy atom. The lowest BCUT2D eigenvalue weighted by atomic mass is 10.2. The number of hydrogen-bond donors (Lipinski definition) is 0. The Hall–Kier alpha value is -2.86. The fraction of sp³-hybridized carbons (Fsp3) is 0.167. The number of ether oxygens (including phenoxy) is 1. The van der Waals surface area contributed by atoms with Gasteiger partial charge in [-0.2, -0.15) is 4.73 Å². The fourth-order valence-electron chi connectivity index (χ4n) is 2.37. The number of pyridine rings is 1. The van der Waals surface area contributed by atoms with E-state index >= 15 is 0 Å². The van der Waals surface area contributed by atoms with Crippen molar-refractivity contribution in [2.75, 3.05) is 7.11 Å². The molecule has 1 aromatic carbocycles. The zero-order valence-corrected chi connectivity index (χ0v) is 14.4. The van der Waals surface area contributed by atoms with E-state index in [4.69, 9.17) is 21.2 Å². The molecule has 0 unspecified atom stereocenters. The van der Waals surface area contributed by atoms with Gasteiger partial charge in [0.05, 0.1) is 12.6 Å². The summed E-state index contributed by atoms with van der Waals surface area (Å²) in [6, 6.07) is 9.90. The number of nitrogens with zero attached hydrogens (tertiary/aromatic N) is 2. The second-order valence-electron chi connectivity index (χ2n) is 5.25. The number of aromatic nitrogens is 2. The predicted molar refractivity (Wildman–Crippen MR) is 93.0 cm³/mol. The predicted octanol–water partition coefficient (Wildman–Crippen LogP) is 3.29. The van der Waals surface area contributed by atoms with Crippen molar-refractivity contribution in [1.82, 2.24) is 9.71 Å². The van der Waals surface area contributed by atoms with Gasteiger partial charge in [-0.15, -0.1) is 0 Å². The van der Waals surface area contributed by atoms with Crippen molar-refractivity contribution >= 4 is 34.3 Å². The van der Waals surface area contributed by atoms with Crippen molar-refractivity contribution < 1.29 is 19.2 Å². The Kier molecular flexibility index (Phi) is 4.72. The summed E-state index contributed by atoms with van der Waals surface area (Å²) in [5.74, 6) is -0.352. The molecule has 0 radical (unpaired) electrons. The van der Waals surface area contributed by atoms with Gasteiger partial charge in [0.25, 0.3) is 0 Å². The van der Waals surface area contributed by atoms with Gasteiger partial charge >= 0.3 is 5.97 Å². The van der Waals surface area contributed by atoms with Gasteiger partial charge in [0.15, 0.2) is 0 Å². The Morgan fingerprint density at radius 3 is 2.72 bits per heavy atom. The number of ketones is 1. The van der Waals surface area contributed by atoms with Gasteiger partial charge in [-0.1, -0.05) is 24.6 Å². The Bertz CT molecular complexity index is 965. The molecule has 0 atom stereocenters. The van der Waals surface area contributed by atoms with Crippen LogP contribution in [-0.2, 0) is 4.79 Å². The summed E-state index contributed by atoms with van der Waals surface area (Å²) >= 11 is 6.04. The van der Waals surface area contributed by atoms with Crippen molar-refractivity contribution in [3.8, 4) is 5.75 Å². The maximum absolute atomic E-state index is 12.9. The molecule has 0 aliphatic heterocycles. The first-order valence-electron chi connectivity index (χ1n) is 7.60. The van der Waals surface area contributed by atoms with Crippen molar-refractivity contribution in [2.24, 2.45) is 0 Å². The minimum Gasteiger partial charge on any atom is -0.497 e. The van der Waals surface area contributed by atoms with E-state index in [9.17, 15) is 9.59 Å². The molecule has 7 heteroatoms. The number of carbonyl (C=O) groups is 2. The number of hydrogen-bond acceptors (Lipinski definition) is 5. The van der Waals surface area contributed by atoms with Crippen LogP contribution in [0.2, 0.25) is 5.02 Å². The smallest absolute Gasteiger partial charge is 0.332 e. The minimum atomic E-state index is -0.467. The first kappa shape index (κ1) is 17.0. The molecule has 0 amide bonds. The van der Waals surface area contributed by atoms with Gasteiger partial charge in [0.2, 0.25) is 5.78 Å². The SMILES string of the molecule is CCC(=O)On1c(C(=O)c2cc(OC)ccn2)cc2ccc(Cl)cc21. The lowest BCUT2D eigenvalue weighted by Crippen LogP contribution is -2.23. The number of methoxy groups -OCH3 is 1. The first-order valence-corrected chi connectivity index (χ1v) is 7.98. The second kappa shape index (κ2) is 6.94. The van der Waals surface area contributed by atoms with Crippen molar-refractivity contribution in [1.29, 1.82) is 0 Å². The number of rotatable bonds is 5. The molecular weight excluding hydrogens is 344 g/mol. The summed E-state index contributed by atoms with van der Waals surface area (Å²) in [5.41, 5.74) is 0.891. The molecule has 2 heterocycles. The summed E-state index contributed by atoms with van der Waals surface area (Å²) < 4.78 is 6.33. The van der Waals surface area contributed by atoms with Gasteiger partial charge in [-0.3, -0.25) is 9.78 Å². The van der Waals surface area contributed by atoms with Crippen LogP contribution in [0.1, 0.15) is 29.5 Å². The van der Waals surface area contributed by atoms with Gasteiger partial charge in [-0.25, -0.2) is 4.79 Å². The molecule has 0 aliphatic rings. The highest BCUT2D eigenvalue weighted by atomic mass is 35.5. The molecule has 6 nitrogen and oxygen atoms in total. The zero-order valence-electron chi connectivity index (χ0n) is 13.7. The van der Waals surface area contributed by atoms with E-state index in [0.29, 0.717) is 16.3 Å². The number of carbonyl (C=O) groups excluding carboxylic acids is 2. The molecule has 0 N–H and O–H groups in total. The molecule has 128 valence electrons. The summed E-state index contributed by atoms with van der Waals surface area (Å²) in [5, 5.41) is 1.19. The summed E-state index contributed by atoms with van der Waals surface area (Å²) in [4.78, 5) is 34.1. The van der Waals surface area contributed by atoms with E-state index in [1.807, 2.05) is 0 Å². The van der Waals surface area contributed by atoms with Crippen molar-refractivity contribution in [3.05, 3.63) is 59.0 Å². The fourth-order valence-corrected chi connectivity index (χ4v) is 2.53. The molecule has 0 fully saturated rings. The average molecular weight is 359 g/mol. The molecule has 0 saturated heterocycles. The van der Waals surface area contributed by atoms with E-state index in [1.165, 1.54) is 24.1 Å². The third kappa shape index (κ3) is 3.34. The van der Waals surface area contributed by atoms with Crippen LogP contribution in [0.25, 0.3) is 10.9 Å². The lowest BCUT2D eigenvalue weighted by Gasteiger charge is -2.09. The number of fused-ring (bicyclic) bond motifs is 1. The van der Waals surface area contributed by atoms with E-state index in [2.05, 4.69) is 4.98 Å². The highest BCUT2D eigenvalue weighted by Crippen LogP contribution is 2.25. The maximum atomic E-state index is 12.9. The molecule has 0 spiro atoms. The van der Waals surface area contributed by atoms with Crippen LogP contribution in [0.4, 0.5) is 0 Å². The normalized spacial score (nSPS) is 10.7. The average Bonchev–Trinajstić information content (AvgIpc) is 2.98. The summed E-state index contributed by atoms with van der Waals surface area (Å²) in [6.07, 6.45) is 1.65. The summed E-state index contributed by atoms with van der Waals surface area (Å²) in [7, 11) is 1.51. The molecular formula is C18H15ClN2O4. The van der Waals surface area contributed by atoms with Crippen molar-refractivity contribution in [3.63, 3.8) is 0 Å². The molecule has 0 aliphatic carbocycles. The monoisotopic (exact) mass is 358 g/mol. The standard InChI is InChI=1S/C18H15ClN2O4/c1-3-17(22)25-21-15-9-12(19)5-4-11(15)8-16(21)18(23)14-10-13(24-2)6-7-20-14/h4-10H,3H2,1-2H3. The third-order valence-corrected chi connectivity index (χ3v) is 3.87. The molecule has 0 bridgehead atoms. The van der Waals surface area contributed by atoms with Crippen LogP contribution in [0.3, 0.4) is 0 Å². The highest BCUT2D eigenvalue weighted by Gasteiger charge is 2.21. The van der Waals surface area contributed by atoms with Crippen LogP contribution in [0, 0.1) is 0 Å². The zero-order chi connectivity index (χ0) is 18.0. The second-order valence-corrected chi connectivity index (χ2v) is 5.69. The Balaban J connectivity index is 2.14. The van der Waals surface area contributed by atoms with Crippen LogP contribution >= 0.6 is 11.6 Å². The Morgan fingerprint density at radius 1 is 1.20 bits per heavy atom. The van der Waals surface area contributed by atoms with E-state index in [1.54, 1.807) is 37.3 Å². The minimum absolute atomic E-state index is 0.172. The topological polar surface area (TPSA) is 70.4 Å². The van der Waals surface area contributed by atoms with E-state index in [0.717, 1.165) is 5.39 Å². The van der Waals surface area contributed by atoms with E-state index in [-0.39, 0.29) is 17.8 Å². The molecule has 0 saturated carbocycles. The molecule has 2 aromatic heterocycles.